The molecule has 2 rings (SSSR count). The zero-order chi connectivity index (χ0) is 9.97. The van der Waals surface area contributed by atoms with Crippen LogP contribution in [0.2, 0.25) is 0 Å². The van der Waals surface area contributed by atoms with Gasteiger partial charge in [-0.1, -0.05) is 6.42 Å². The molecular weight excluding hydrogens is 214 g/mol. The van der Waals surface area contributed by atoms with Crippen LogP contribution < -0.4 is 10.1 Å². The van der Waals surface area contributed by atoms with Crippen LogP contribution >= 0.6 is 12.4 Å². The summed E-state index contributed by atoms with van der Waals surface area (Å²) in [4.78, 5) is 0. The Morgan fingerprint density at radius 1 is 1.53 bits per heavy atom. The number of rotatable bonds is 2. The van der Waals surface area contributed by atoms with Gasteiger partial charge in [0.1, 0.15) is 0 Å². The summed E-state index contributed by atoms with van der Waals surface area (Å²) in [6.07, 6.45) is 5.79. The van der Waals surface area contributed by atoms with Gasteiger partial charge in [0.05, 0.1) is 12.7 Å². The number of hydrogen-bond acceptors (Lipinski definition) is 3. The standard InChI is InChI=1S/C10H17N3O.ClH/c1-13-7-8(10(12-13)14-2)9-5-3-4-6-11-9;/h7,9,11H,3-6H2,1-2H3;1H. The molecule has 0 radical (unpaired) electrons. The van der Waals surface area contributed by atoms with E-state index in [4.69, 9.17) is 4.74 Å². The summed E-state index contributed by atoms with van der Waals surface area (Å²) in [5.41, 5.74) is 1.19. The van der Waals surface area contributed by atoms with Crippen LogP contribution in [-0.4, -0.2) is 23.4 Å². The molecule has 2 heterocycles. The fraction of sp³-hybridized carbons (Fsp3) is 0.700. The molecule has 15 heavy (non-hydrogen) atoms. The van der Waals surface area contributed by atoms with Gasteiger partial charge in [-0.25, -0.2) is 0 Å². The number of hydrogen-bond donors (Lipinski definition) is 1. The topological polar surface area (TPSA) is 39.1 Å². The van der Waals surface area contributed by atoms with Gasteiger partial charge in [-0.05, 0) is 19.4 Å². The van der Waals surface area contributed by atoms with E-state index >= 15 is 0 Å². The van der Waals surface area contributed by atoms with Crippen LogP contribution in [0.1, 0.15) is 30.9 Å². The average molecular weight is 232 g/mol. The normalized spacial score (nSPS) is 20.8. The van der Waals surface area contributed by atoms with E-state index < -0.39 is 0 Å². The first-order valence-corrected chi connectivity index (χ1v) is 5.12. The lowest BCUT2D eigenvalue weighted by atomic mass is 10.00. The maximum absolute atomic E-state index is 5.25. The Kier molecular flexibility index (Phi) is 4.42. The number of methoxy groups -OCH3 is 1. The molecule has 1 unspecified atom stereocenters. The number of nitrogens with one attached hydrogen (secondary N) is 1. The van der Waals surface area contributed by atoms with Gasteiger partial charge in [0.15, 0.2) is 0 Å². The van der Waals surface area contributed by atoms with Gasteiger partial charge in [0, 0.05) is 19.3 Å². The van der Waals surface area contributed by atoms with Crippen LogP contribution in [0, 0.1) is 0 Å². The molecule has 0 bridgehead atoms. The fourth-order valence-electron chi connectivity index (χ4n) is 2.00. The minimum atomic E-state index is 0. The number of ether oxygens (including phenoxy) is 1. The van der Waals surface area contributed by atoms with Gasteiger partial charge in [-0.2, -0.15) is 0 Å². The first kappa shape index (κ1) is 12.3. The highest BCUT2D eigenvalue weighted by Crippen LogP contribution is 2.28. The highest BCUT2D eigenvalue weighted by molar-refractivity contribution is 5.85. The molecule has 1 atom stereocenters. The molecular formula is C10H18ClN3O. The minimum absolute atomic E-state index is 0. The van der Waals surface area contributed by atoms with Crippen LogP contribution in [0.5, 0.6) is 5.88 Å². The number of piperidine rings is 1. The minimum Gasteiger partial charge on any atom is -0.480 e. The molecule has 0 aliphatic carbocycles. The molecule has 1 aromatic rings. The molecule has 1 N–H and O–H groups in total. The van der Waals surface area contributed by atoms with Crippen molar-refractivity contribution in [3.05, 3.63) is 11.8 Å². The summed E-state index contributed by atoms with van der Waals surface area (Å²) in [6.45, 7) is 1.10. The monoisotopic (exact) mass is 231 g/mol. The molecule has 5 heteroatoms. The highest BCUT2D eigenvalue weighted by Gasteiger charge is 2.20. The third kappa shape index (κ3) is 2.63. The molecule has 0 spiro atoms. The quantitative estimate of drug-likeness (QED) is 0.842. The van der Waals surface area contributed by atoms with Gasteiger partial charge in [-0.3, -0.25) is 4.68 Å². The second-order valence-electron chi connectivity index (χ2n) is 3.77. The number of halogens is 1. The average Bonchev–Trinajstić information content (AvgIpc) is 2.61. The Morgan fingerprint density at radius 3 is 2.93 bits per heavy atom. The van der Waals surface area contributed by atoms with E-state index in [1.165, 1.54) is 24.8 Å². The van der Waals surface area contributed by atoms with Crippen molar-refractivity contribution in [3.63, 3.8) is 0 Å². The van der Waals surface area contributed by atoms with Crippen molar-refractivity contribution in [2.24, 2.45) is 7.05 Å². The van der Waals surface area contributed by atoms with Crippen molar-refractivity contribution in [3.8, 4) is 5.88 Å². The zero-order valence-electron chi connectivity index (χ0n) is 9.19. The van der Waals surface area contributed by atoms with Crippen molar-refractivity contribution in [1.82, 2.24) is 15.1 Å². The van der Waals surface area contributed by atoms with Crippen molar-refractivity contribution < 1.29 is 4.74 Å². The van der Waals surface area contributed by atoms with E-state index in [1.807, 2.05) is 17.9 Å². The lowest BCUT2D eigenvalue weighted by Gasteiger charge is -2.22. The number of aromatic nitrogens is 2. The molecule has 1 fully saturated rings. The fourth-order valence-corrected chi connectivity index (χ4v) is 2.00. The van der Waals surface area contributed by atoms with Crippen molar-refractivity contribution in [1.29, 1.82) is 0 Å². The number of nitrogens with zero attached hydrogens (tertiary/aromatic N) is 2. The van der Waals surface area contributed by atoms with E-state index in [-0.39, 0.29) is 12.4 Å². The first-order valence-electron chi connectivity index (χ1n) is 5.12. The molecule has 1 aliphatic heterocycles. The highest BCUT2D eigenvalue weighted by atomic mass is 35.5. The van der Waals surface area contributed by atoms with E-state index in [2.05, 4.69) is 10.4 Å². The Morgan fingerprint density at radius 2 is 2.33 bits per heavy atom. The van der Waals surface area contributed by atoms with Crippen LogP contribution in [0.25, 0.3) is 0 Å². The Labute approximate surface area is 96.4 Å². The van der Waals surface area contributed by atoms with Crippen LogP contribution in [0.4, 0.5) is 0 Å². The molecule has 1 aromatic heterocycles. The summed E-state index contributed by atoms with van der Waals surface area (Å²) in [6, 6.07) is 0.424. The molecule has 4 nitrogen and oxygen atoms in total. The maximum Gasteiger partial charge on any atom is 0.237 e. The summed E-state index contributed by atoms with van der Waals surface area (Å²) in [5.74, 6) is 0.756. The van der Waals surface area contributed by atoms with Crippen LogP contribution in [-0.2, 0) is 7.05 Å². The summed E-state index contributed by atoms with van der Waals surface area (Å²) in [7, 11) is 3.60. The van der Waals surface area contributed by atoms with E-state index in [1.54, 1.807) is 7.11 Å². The first-order chi connectivity index (χ1) is 6.81. The number of aryl methyl sites for hydroxylation is 1. The summed E-state index contributed by atoms with van der Waals surface area (Å²) >= 11 is 0. The Hall–Kier alpha value is -0.740. The third-order valence-electron chi connectivity index (χ3n) is 2.70. The van der Waals surface area contributed by atoms with Crippen molar-refractivity contribution in [2.45, 2.75) is 25.3 Å². The smallest absolute Gasteiger partial charge is 0.237 e. The van der Waals surface area contributed by atoms with E-state index in [0.717, 1.165) is 12.4 Å². The molecule has 0 saturated carbocycles. The van der Waals surface area contributed by atoms with Gasteiger partial charge < -0.3 is 10.1 Å². The maximum atomic E-state index is 5.25. The summed E-state index contributed by atoms with van der Waals surface area (Å²) in [5, 5.41) is 7.75. The third-order valence-corrected chi connectivity index (χ3v) is 2.70. The van der Waals surface area contributed by atoms with E-state index in [9.17, 15) is 0 Å². The molecule has 0 aromatic carbocycles. The van der Waals surface area contributed by atoms with Gasteiger partial charge in [-0.15, -0.1) is 17.5 Å². The Bertz CT molecular complexity index is 308. The molecule has 0 amide bonds. The molecule has 1 aliphatic rings. The largest absolute Gasteiger partial charge is 0.480 e. The van der Waals surface area contributed by atoms with Gasteiger partial charge in [0.25, 0.3) is 0 Å². The van der Waals surface area contributed by atoms with Crippen LogP contribution in [0.3, 0.4) is 0 Å². The summed E-state index contributed by atoms with van der Waals surface area (Å²) < 4.78 is 7.06. The van der Waals surface area contributed by atoms with Crippen LogP contribution in [0.15, 0.2) is 6.20 Å². The zero-order valence-corrected chi connectivity index (χ0v) is 10.0. The lowest BCUT2D eigenvalue weighted by Crippen LogP contribution is -2.26. The second-order valence-corrected chi connectivity index (χ2v) is 3.77. The predicted molar refractivity (Wildman–Crippen MR) is 61.6 cm³/mol. The molecule has 1 saturated heterocycles. The SMILES string of the molecule is COc1nn(C)cc1C1CCCCN1.Cl. The predicted octanol–water partition coefficient (Wildman–Crippen LogP) is 1.67. The molecule has 86 valence electrons. The van der Waals surface area contributed by atoms with Crippen molar-refractivity contribution >= 4 is 12.4 Å². The van der Waals surface area contributed by atoms with Crippen molar-refractivity contribution in [2.75, 3.05) is 13.7 Å². The van der Waals surface area contributed by atoms with Gasteiger partial charge in [0.2, 0.25) is 5.88 Å². The van der Waals surface area contributed by atoms with E-state index in [0.29, 0.717) is 6.04 Å². The Balaban J connectivity index is 0.00000112. The van der Waals surface area contributed by atoms with Gasteiger partial charge >= 0.3 is 0 Å². The second kappa shape index (κ2) is 5.37. The lowest BCUT2D eigenvalue weighted by molar-refractivity contribution is 0.364.